The van der Waals surface area contributed by atoms with Crippen LogP contribution in [0.4, 0.5) is 0 Å². The van der Waals surface area contributed by atoms with Gasteiger partial charge in [0, 0.05) is 22.4 Å². The number of nitrogens with zero attached hydrogens (tertiary/aromatic N) is 1. The largest absolute Gasteiger partial charge is 0.481 e. The lowest BCUT2D eigenvalue weighted by Crippen LogP contribution is -2.52. The van der Waals surface area contributed by atoms with E-state index in [-0.39, 0.29) is 11.1 Å². The molecule has 2 aromatic carbocycles. The number of aliphatic carboxylic acids is 3. The van der Waals surface area contributed by atoms with Crippen molar-refractivity contribution in [2.24, 2.45) is 0 Å². The average Bonchev–Trinajstić information content (AvgIpc) is 3.39. The molecule has 3 aliphatic rings. The number of ether oxygens (including phenoxy) is 1. The van der Waals surface area contributed by atoms with Crippen molar-refractivity contribution in [3.05, 3.63) is 71.4 Å². The van der Waals surface area contributed by atoms with E-state index in [1.165, 1.54) is 47.8 Å². The Morgan fingerprint density at radius 3 is 2.07 bits per heavy atom. The maximum absolute atomic E-state index is 10.3. The Balaban J connectivity index is 0.000000253. The van der Waals surface area contributed by atoms with Gasteiger partial charge >= 0.3 is 17.9 Å². The van der Waals surface area contributed by atoms with Crippen molar-refractivity contribution in [1.82, 2.24) is 9.88 Å². The van der Waals surface area contributed by atoms with Crippen molar-refractivity contribution in [2.75, 3.05) is 14.1 Å². The molecule has 2 atom stereocenters. The van der Waals surface area contributed by atoms with Crippen molar-refractivity contribution < 1.29 is 39.5 Å². The number of para-hydroxylation sites is 1. The molecule has 3 aromatic rings. The van der Waals surface area contributed by atoms with Crippen molar-refractivity contribution >= 4 is 28.8 Å². The molecule has 2 saturated carbocycles. The molecule has 1 aromatic heterocycles. The van der Waals surface area contributed by atoms with E-state index in [0.29, 0.717) is 12.0 Å². The fourth-order valence-electron chi connectivity index (χ4n) is 7.72. The van der Waals surface area contributed by atoms with Gasteiger partial charge in [0.25, 0.3) is 0 Å². The van der Waals surface area contributed by atoms with Crippen LogP contribution >= 0.6 is 0 Å². The molecule has 2 heterocycles. The Bertz CT molecular complexity index is 1490. The summed E-state index contributed by atoms with van der Waals surface area (Å²) in [6, 6.07) is 20.0. The molecule has 2 unspecified atom stereocenters. The summed E-state index contributed by atoms with van der Waals surface area (Å²) in [7, 11) is 4.50. The zero-order valence-electron chi connectivity index (χ0n) is 25.3. The number of aromatic nitrogens is 1. The van der Waals surface area contributed by atoms with Crippen LogP contribution in [0.2, 0.25) is 0 Å². The SMILES string of the molecule is CN(C)C1(c2ccccc2)CCC2(CC1)OC1CCCCC1c1c2[nH]c2ccccc12.O=C(O)CC(O)(CC(=O)O)C(=O)O. The summed E-state index contributed by atoms with van der Waals surface area (Å²) in [6.45, 7) is 0. The molecule has 6 rings (SSSR count). The van der Waals surface area contributed by atoms with Gasteiger partial charge in [-0.15, -0.1) is 0 Å². The van der Waals surface area contributed by atoms with E-state index in [0.717, 1.165) is 25.7 Å². The third kappa shape index (κ3) is 5.86. The third-order valence-corrected chi connectivity index (χ3v) is 9.99. The van der Waals surface area contributed by atoms with E-state index in [9.17, 15) is 14.4 Å². The summed E-state index contributed by atoms with van der Waals surface area (Å²) in [5.41, 5.74) is 2.90. The number of fused-ring (bicyclic) bond motifs is 6. The normalized spacial score (nSPS) is 26.4. The number of nitrogens with one attached hydrogen (secondary N) is 1. The molecule has 44 heavy (non-hydrogen) atoms. The molecule has 1 aliphatic heterocycles. The highest BCUT2D eigenvalue weighted by molar-refractivity contribution is 5.88. The van der Waals surface area contributed by atoms with Crippen molar-refractivity contribution in [3.63, 3.8) is 0 Å². The van der Waals surface area contributed by atoms with Crippen LogP contribution in [0.5, 0.6) is 0 Å². The van der Waals surface area contributed by atoms with Gasteiger partial charge in [0.15, 0.2) is 5.60 Å². The maximum Gasteiger partial charge on any atom is 0.336 e. The van der Waals surface area contributed by atoms with Gasteiger partial charge in [0.05, 0.1) is 24.6 Å². The molecule has 1 spiro atoms. The summed E-state index contributed by atoms with van der Waals surface area (Å²) in [5.74, 6) is -4.46. The van der Waals surface area contributed by atoms with Crippen LogP contribution in [0.1, 0.15) is 86.9 Å². The Kier molecular flexibility index (Phi) is 8.89. The first-order valence-electron chi connectivity index (χ1n) is 15.3. The lowest BCUT2D eigenvalue weighted by Gasteiger charge is -2.53. The van der Waals surface area contributed by atoms with Crippen LogP contribution in [-0.2, 0) is 30.3 Å². The van der Waals surface area contributed by atoms with E-state index in [4.69, 9.17) is 25.2 Å². The molecule has 0 saturated heterocycles. The molecule has 0 radical (unpaired) electrons. The summed E-state index contributed by atoms with van der Waals surface area (Å²) in [4.78, 5) is 36.8. The Labute approximate surface area is 256 Å². The number of aliphatic hydroxyl groups is 1. The molecule has 236 valence electrons. The molecule has 10 heteroatoms. The van der Waals surface area contributed by atoms with Crippen molar-refractivity contribution in [2.45, 2.75) is 93.0 Å². The summed E-state index contributed by atoms with van der Waals surface area (Å²) >= 11 is 0. The van der Waals surface area contributed by atoms with E-state index in [1.807, 2.05) is 0 Å². The van der Waals surface area contributed by atoms with Crippen LogP contribution in [0.25, 0.3) is 10.9 Å². The van der Waals surface area contributed by atoms with E-state index < -0.39 is 36.4 Å². The average molecular weight is 607 g/mol. The number of hydrogen-bond acceptors (Lipinski definition) is 6. The van der Waals surface area contributed by atoms with Gasteiger partial charge < -0.3 is 30.1 Å². The first kappa shape index (κ1) is 31.7. The maximum atomic E-state index is 10.3. The molecule has 10 nitrogen and oxygen atoms in total. The zero-order valence-corrected chi connectivity index (χ0v) is 25.3. The summed E-state index contributed by atoms with van der Waals surface area (Å²) in [6.07, 6.45) is 7.59. The smallest absolute Gasteiger partial charge is 0.336 e. The quantitative estimate of drug-likeness (QED) is 0.243. The highest BCUT2D eigenvalue weighted by Crippen LogP contribution is 2.57. The monoisotopic (exact) mass is 606 g/mol. The minimum absolute atomic E-state index is 0.0888. The number of H-pyrrole nitrogens is 1. The Hall–Kier alpha value is -3.73. The van der Waals surface area contributed by atoms with Gasteiger partial charge in [-0.1, -0.05) is 61.4 Å². The predicted molar refractivity (Wildman–Crippen MR) is 163 cm³/mol. The topological polar surface area (TPSA) is 160 Å². The standard InChI is InChI=1S/C28H34N2O.C6H8O7/c1-30(2)27(20-10-4-3-5-11-20)16-18-28(19-17-27)26-25(21-12-6-8-14-23(21)29-26)22-13-7-9-15-24(22)31-28;7-3(8)1-6(13,5(11)12)2-4(9)10/h3-6,8,10-12,14,22,24,29H,7,9,13,15-19H2,1-2H3;13H,1-2H2,(H,7,8)(H,9,10)(H,11,12). The van der Waals surface area contributed by atoms with Gasteiger partial charge in [-0.3, -0.25) is 14.5 Å². The second-order valence-electron chi connectivity index (χ2n) is 12.8. The fraction of sp³-hybridized carbons (Fsp3) is 0.500. The molecule has 2 aliphatic carbocycles. The Morgan fingerprint density at radius 1 is 0.886 bits per heavy atom. The number of rotatable bonds is 7. The first-order chi connectivity index (χ1) is 20.9. The minimum Gasteiger partial charge on any atom is -0.481 e. The molecule has 0 bridgehead atoms. The molecular formula is C34H42N2O8. The van der Waals surface area contributed by atoms with Gasteiger partial charge in [0.1, 0.15) is 5.60 Å². The summed E-state index contributed by atoms with van der Waals surface area (Å²) in [5, 5.41) is 35.2. The highest BCUT2D eigenvalue weighted by Gasteiger charge is 2.53. The first-order valence-corrected chi connectivity index (χ1v) is 15.3. The highest BCUT2D eigenvalue weighted by atomic mass is 16.5. The number of hydrogen-bond donors (Lipinski definition) is 5. The number of aromatic amines is 1. The van der Waals surface area contributed by atoms with Crippen LogP contribution in [0.3, 0.4) is 0 Å². The third-order valence-electron chi connectivity index (χ3n) is 9.99. The van der Waals surface area contributed by atoms with Crippen molar-refractivity contribution in [1.29, 1.82) is 0 Å². The van der Waals surface area contributed by atoms with E-state index in [2.05, 4.69) is 78.6 Å². The lowest BCUT2D eigenvalue weighted by molar-refractivity contribution is -0.170. The second kappa shape index (κ2) is 12.3. The fourth-order valence-corrected chi connectivity index (χ4v) is 7.72. The van der Waals surface area contributed by atoms with Crippen LogP contribution in [0, 0.1) is 0 Å². The molecule has 0 amide bonds. The summed E-state index contributed by atoms with van der Waals surface area (Å²) < 4.78 is 7.13. The number of carboxylic acids is 3. The number of benzene rings is 2. The molecule has 5 N–H and O–H groups in total. The van der Waals surface area contributed by atoms with Gasteiger partial charge in [-0.25, -0.2) is 4.79 Å². The van der Waals surface area contributed by atoms with E-state index in [1.54, 1.807) is 5.56 Å². The van der Waals surface area contributed by atoms with Crippen LogP contribution in [-0.4, -0.2) is 74.0 Å². The predicted octanol–water partition coefficient (Wildman–Crippen LogP) is 5.20. The second-order valence-corrected chi connectivity index (χ2v) is 12.8. The van der Waals surface area contributed by atoms with Crippen LogP contribution < -0.4 is 0 Å². The zero-order chi connectivity index (χ0) is 31.7. The number of carboxylic acid groups (broad SMARTS) is 3. The lowest BCUT2D eigenvalue weighted by atomic mass is 9.65. The number of carbonyl (C=O) groups is 3. The van der Waals surface area contributed by atoms with Gasteiger partial charge in [-0.05, 0) is 69.8 Å². The Morgan fingerprint density at radius 2 is 1.48 bits per heavy atom. The molecular weight excluding hydrogens is 564 g/mol. The van der Waals surface area contributed by atoms with Gasteiger partial charge in [-0.2, -0.15) is 0 Å². The minimum atomic E-state index is -2.74. The van der Waals surface area contributed by atoms with E-state index >= 15 is 0 Å². The molecule has 2 fully saturated rings. The van der Waals surface area contributed by atoms with Gasteiger partial charge in [0.2, 0.25) is 0 Å². The van der Waals surface area contributed by atoms with Crippen LogP contribution in [0.15, 0.2) is 54.6 Å². The van der Waals surface area contributed by atoms with Crippen molar-refractivity contribution in [3.8, 4) is 0 Å².